The second-order valence-corrected chi connectivity index (χ2v) is 8.66. The van der Waals surface area contributed by atoms with Gasteiger partial charge in [-0.15, -0.1) is 11.3 Å². The summed E-state index contributed by atoms with van der Waals surface area (Å²) in [7, 11) is 1.29. The van der Waals surface area contributed by atoms with Gasteiger partial charge >= 0.3 is 5.97 Å². The minimum Gasteiger partial charge on any atom is -0.494 e. The van der Waals surface area contributed by atoms with Crippen molar-refractivity contribution in [3.8, 4) is 11.8 Å². The highest BCUT2D eigenvalue weighted by Gasteiger charge is 2.27. The number of carbonyl (C=O) groups is 3. The van der Waals surface area contributed by atoms with E-state index in [1.807, 2.05) is 31.2 Å². The largest absolute Gasteiger partial charge is 0.494 e. The van der Waals surface area contributed by atoms with Gasteiger partial charge in [-0.3, -0.25) is 14.4 Å². The highest BCUT2D eigenvalue weighted by molar-refractivity contribution is 7.16. The molecule has 0 spiro atoms. The predicted molar refractivity (Wildman–Crippen MR) is 124 cm³/mol. The van der Waals surface area contributed by atoms with E-state index >= 15 is 0 Å². The average Bonchev–Trinajstić information content (AvgIpc) is 3.17. The number of amides is 2. The number of nitrogens with one attached hydrogen (secondary N) is 1. The second-order valence-electron chi connectivity index (χ2n) is 7.55. The van der Waals surface area contributed by atoms with E-state index in [4.69, 9.17) is 4.74 Å². The van der Waals surface area contributed by atoms with Crippen molar-refractivity contribution in [2.45, 2.75) is 45.6 Å². The van der Waals surface area contributed by atoms with Crippen molar-refractivity contribution < 1.29 is 23.9 Å². The molecule has 0 saturated heterocycles. The molecule has 1 aliphatic rings. The van der Waals surface area contributed by atoms with Crippen molar-refractivity contribution in [1.82, 2.24) is 4.90 Å². The summed E-state index contributed by atoms with van der Waals surface area (Å²) in [4.78, 5) is 38.9. The third-order valence-electron chi connectivity index (χ3n) is 5.44. The quantitative estimate of drug-likeness (QED) is 0.564. The van der Waals surface area contributed by atoms with Crippen LogP contribution in [0.15, 0.2) is 24.3 Å². The van der Waals surface area contributed by atoms with E-state index in [1.54, 1.807) is 4.90 Å². The Morgan fingerprint density at radius 3 is 2.73 bits per heavy atom. The summed E-state index contributed by atoms with van der Waals surface area (Å²) in [6.07, 6.45) is 1.45. The highest BCUT2D eigenvalue weighted by Crippen LogP contribution is 2.37. The van der Waals surface area contributed by atoms with Gasteiger partial charge in [-0.05, 0) is 37.0 Å². The number of aryl methyl sites for hydroxylation is 1. The normalized spacial score (nSPS) is 12.5. The van der Waals surface area contributed by atoms with Gasteiger partial charge < -0.3 is 19.7 Å². The smallest absolute Gasteiger partial charge is 0.306 e. The molecule has 2 amide bonds. The summed E-state index contributed by atoms with van der Waals surface area (Å²) >= 11 is 1.33. The van der Waals surface area contributed by atoms with E-state index in [1.165, 1.54) is 18.4 Å². The van der Waals surface area contributed by atoms with Crippen LogP contribution >= 0.6 is 11.3 Å². The van der Waals surface area contributed by atoms with E-state index in [0.717, 1.165) is 21.8 Å². The van der Waals surface area contributed by atoms with Gasteiger partial charge in [0.05, 0.1) is 32.2 Å². The summed E-state index contributed by atoms with van der Waals surface area (Å²) in [5.74, 6) is 0.0470. The first kappa shape index (κ1) is 24.3. The minimum atomic E-state index is -0.419. The van der Waals surface area contributed by atoms with Crippen LogP contribution in [0.25, 0.3) is 0 Å². The molecule has 1 N–H and O–H groups in total. The number of anilines is 1. The molecule has 174 valence electrons. The Morgan fingerprint density at radius 2 is 2.00 bits per heavy atom. The fraction of sp³-hybridized carbons (Fsp3) is 0.417. The number of benzene rings is 1. The van der Waals surface area contributed by atoms with Crippen LogP contribution in [0.2, 0.25) is 0 Å². The summed E-state index contributed by atoms with van der Waals surface area (Å²) < 4.78 is 10.2. The number of para-hydroxylation sites is 1. The molecule has 0 bridgehead atoms. The fourth-order valence-electron chi connectivity index (χ4n) is 3.74. The number of thiophene rings is 1. The molecule has 0 atom stereocenters. The molecule has 2 aromatic rings. The Labute approximate surface area is 197 Å². The van der Waals surface area contributed by atoms with Gasteiger partial charge in [-0.1, -0.05) is 18.2 Å². The number of ether oxygens (including phenoxy) is 2. The van der Waals surface area contributed by atoms with Crippen LogP contribution in [0.5, 0.6) is 5.75 Å². The number of rotatable bonds is 9. The maximum atomic E-state index is 12.6. The third-order valence-corrected chi connectivity index (χ3v) is 6.57. The number of nitrogens with zero attached hydrogens (tertiary/aromatic N) is 2. The van der Waals surface area contributed by atoms with Crippen molar-refractivity contribution in [3.63, 3.8) is 0 Å². The summed E-state index contributed by atoms with van der Waals surface area (Å²) in [5, 5.41) is 13.1. The predicted octanol–water partition coefficient (Wildman–Crippen LogP) is 3.43. The Balaban J connectivity index is 1.63. The Morgan fingerprint density at radius 1 is 1.21 bits per heavy atom. The van der Waals surface area contributed by atoms with Crippen LogP contribution in [-0.2, 0) is 38.5 Å². The molecule has 1 aromatic carbocycles. The molecule has 0 radical (unpaired) electrons. The molecule has 9 heteroatoms. The topological polar surface area (TPSA) is 109 Å². The van der Waals surface area contributed by atoms with Crippen LogP contribution < -0.4 is 10.1 Å². The lowest BCUT2D eigenvalue weighted by Gasteiger charge is -2.26. The second kappa shape index (κ2) is 11.5. The van der Waals surface area contributed by atoms with Gasteiger partial charge in [0.2, 0.25) is 11.8 Å². The lowest BCUT2D eigenvalue weighted by atomic mass is 10.0. The molecule has 3 rings (SSSR count). The van der Waals surface area contributed by atoms with Gasteiger partial charge in [0.25, 0.3) is 0 Å². The SMILES string of the molecule is CCOc1ccccc1CCC(=O)Nc1sc2c(c1C#N)CCN(C(=O)CCC(=O)OC)C2. The Bertz CT molecular complexity index is 1070. The lowest BCUT2D eigenvalue weighted by molar-refractivity contribution is -0.143. The summed E-state index contributed by atoms with van der Waals surface area (Å²) in [5.41, 5.74) is 2.32. The zero-order valence-corrected chi connectivity index (χ0v) is 19.6. The van der Waals surface area contributed by atoms with Crippen molar-refractivity contribution in [2.75, 3.05) is 25.6 Å². The van der Waals surface area contributed by atoms with Crippen molar-refractivity contribution in [2.24, 2.45) is 0 Å². The molecule has 1 aliphatic heterocycles. The van der Waals surface area contributed by atoms with E-state index in [2.05, 4.69) is 16.1 Å². The maximum absolute atomic E-state index is 12.6. The van der Waals surface area contributed by atoms with Crippen molar-refractivity contribution in [3.05, 3.63) is 45.8 Å². The molecule has 0 saturated carbocycles. The van der Waals surface area contributed by atoms with E-state index in [-0.39, 0.29) is 31.1 Å². The van der Waals surface area contributed by atoms with Gasteiger partial charge in [0, 0.05) is 24.3 Å². The number of nitriles is 1. The van der Waals surface area contributed by atoms with Gasteiger partial charge in [0.1, 0.15) is 16.8 Å². The molecular formula is C24H27N3O5S. The number of hydrogen-bond acceptors (Lipinski definition) is 7. The molecule has 33 heavy (non-hydrogen) atoms. The van der Waals surface area contributed by atoms with Gasteiger partial charge in [0.15, 0.2) is 0 Å². The first-order valence-corrected chi connectivity index (χ1v) is 11.7. The van der Waals surface area contributed by atoms with Crippen LogP contribution in [0.3, 0.4) is 0 Å². The van der Waals surface area contributed by atoms with Crippen LogP contribution in [0.4, 0.5) is 5.00 Å². The maximum Gasteiger partial charge on any atom is 0.306 e. The minimum absolute atomic E-state index is 0.0420. The average molecular weight is 470 g/mol. The molecule has 0 aliphatic carbocycles. The first-order valence-electron chi connectivity index (χ1n) is 10.9. The van der Waals surface area contributed by atoms with Gasteiger partial charge in [-0.25, -0.2) is 0 Å². The number of hydrogen-bond donors (Lipinski definition) is 1. The lowest BCUT2D eigenvalue weighted by Crippen LogP contribution is -2.35. The van der Waals surface area contributed by atoms with Crippen molar-refractivity contribution in [1.29, 1.82) is 5.26 Å². The molecule has 1 aromatic heterocycles. The van der Waals surface area contributed by atoms with Gasteiger partial charge in [-0.2, -0.15) is 5.26 Å². The van der Waals surface area contributed by atoms with E-state index < -0.39 is 5.97 Å². The number of methoxy groups -OCH3 is 1. The number of esters is 1. The standard InChI is InChI=1S/C24H27N3O5S/c1-3-32-19-7-5-4-6-16(19)8-9-21(28)26-24-18(14-25)17-12-13-27(15-20(17)33-24)22(29)10-11-23(30)31-2/h4-7H,3,8-13,15H2,1-2H3,(H,26,28). The summed E-state index contributed by atoms with van der Waals surface area (Å²) in [6, 6.07) is 9.84. The zero-order chi connectivity index (χ0) is 23.8. The third kappa shape index (κ3) is 6.11. The Hall–Kier alpha value is -3.38. The highest BCUT2D eigenvalue weighted by atomic mass is 32.1. The van der Waals surface area contributed by atoms with Crippen molar-refractivity contribution >= 4 is 34.1 Å². The van der Waals surface area contributed by atoms with E-state index in [9.17, 15) is 19.6 Å². The number of fused-ring (bicyclic) bond motifs is 1. The molecule has 0 unspecified atom stereocenters. The van der Waals surface area contributed by atoms with Crippen LogP contribution in [-0.4, -0.2) is 42.9 Å². The van der Waals surface area contributed by atoms with Crippen LogP contribution in [0.1, 0.15) is 47.8 Å². The summed E-state index contributed by atoms with van der Waals surface area (Å²) in [6.45, 7) is 3.31. The zero-order valence-electron chi connectivity index (χ0n) is 18.8. The Kier molecular flexibility index (Phi) is 8.44. The monoisotopic (exact) mass is 469 g/mol. The van der Waals surface area contributed by atoms with Crippen LogP contribution in [0, 0.1) is 11.3 Å². The number of carbonyl (C=O) groups excluding carboxylic acids is 3. The van der Waals surface area contributed by atoms with E-state index in [0.29, 0.717) is 43.1 Å². The molecule has 0 fully saturated rings. The fourth-order valence-corrected chi connectivity index (χ4v) is 4.97. The molecule has 8 nitrogen and oxygen atoms in total. The molecule has 2 heterocycles. The first-order chi connectivity index (χ1) is 16.0. The molecular weight excluding hydrogens is 442 g/mol.